The quantitative estimate of drug-likeness (QED) is 0.126. The Morgan fingerprint density at radius 3 is 2.33 bits per heavy atom. The average Bonchev–Trinajstić information content (AvgIpc) is 3.33. The molecule has 1 atom stereocenters. The fraction of sp³-hybridized carbons (Fsp3) is 0.320. The van der Waals surface area contributed by atoms with Crippen LogP contribution in [0.25, 0.3) is 16.9 Å². The number of rotatable bonds is 9. The second-order valence-electron chi connectivity index (χ2n) is 9.34. The number of hydrogen-bond acceptors (Lipinski definition) is 9. The number of sulfonamides is 1. The molecular formula is C25H25F3N6O7S. The van der Waals surface area contributed by atoms with Crippen LogP contribution in [0.5, 0.6) is 0 Å². The smallest absolute Gasteiger partial charge is 0.435 e. The van der Waals surface area contributed by atoms with Gasteiger partial charge in [-0.1, -0.05) is 29.8 Å². The van der Waals surface area contributed by atoms with Gasteiger partial charge in [0.05, 0.1) is 40.3 Å². The van der Waals surface area contributed by atoms with Crippen LogP contribution >= 0.6 is 0 Å². The minimum Gasteiger partial charge on any atom is -0.569 e. The van der Waals surface area contributed by atoms with Gasteiger partial charge in [-0.3, -0.25) is 14.4 Å². The van der Waals surface area contributed by atoms with Crippen molar-refractivity contribution < 1.29 is 45.7 Å². The lowest BCUT2D eigenvalue weighted by Gasteiger charge is -2.32. The van der Waals surface area contributed by atoms with E-state index < -0.39 is 46.0 Å². The van der Waals surface area contributed by atoms with Gasteiger partial charge in [0.2, 0.25) is 11.2 Å². The number of aryl methyl sites for hydroxylation is 1. The summed E-state index contributed by atoms with van der Waals surface area (Å²) in [4.78, 5) is 27.8. The van der Waals surface area contributed by atoms with Crippen molar-refractivity contribution in [2.24, 2.45) is 11.2 Å². The Balaban J connectivity index is 1.44. The molecule has 42 heavy (non-hydrogen) atoms. The number of ether oxygens (including phenoxy) is 1. The van der Waals surface area contributed by atoms with Crippen LogP contribution in [0, 0.1) is 18.0 Å². The average molecular weight is 611 g/mol. The number of nitrogens with one attached hydrogen (secondary N) is 1. The Morgan fingerprint density at radius 1 is 1.14 bits per heavy atom. The molecule has 0 aliphatic carbocycles. The zero-order chi connectivity index (χ0) is 30.8. The van der Waals surface area contributed by atoms with Crippen LogP contribution in [-0.2, 0) is 35.4 Å². The molecule has 1 amide bonds. The highest BCUT2D eigenvalue weighted by Gasteiger charge is 2.40. The number of hydrazine groups is 1. The van der Waals surface area contributed by atoms with Gasteiger partial charge in [0.25, 0.3) is 16.3 Å². The molecule has 4 rings (SSSR count). The van der Waals surface area contributed by atoms with Crippen LogP contribution in [0.2, 0.25) is 0 Å². The minimum absolute atomic E-state index is 0.0430. The third kappa shape index (κ3) is 6.96. The first-order valence-electron chi connectivity index (χ1n) is 12.3. The fourth-order valence-electron chi connectivity index (χ4n) is 3.86. The summed E-state index contributed by atoms with van der Waals surface area (Å²) in [5.74, 6) is -2.38. The second kappa shape index (κ2) is 11.7. The number of nitrogens with zero attached hydrogens (tertiary/aromatic N) is 5. The second-order valence-corrected chi connectivity index (χ2v) is 11.0. The molecule has 0 saturated carbocycles. The zero-order valence-corrected chi connectivity index (χ0v) is 23.2. The number of amides is 1. The van der Waals surface area contributed by atoms with E-state index in [1.807, 2.05) is 11.6 Å². The number of benzene rings is 2. The van der Waals surface area contributed by atoms with Crippen molar-refractivity contribution in [1.82, 2.24) is 19.5 Å². The summed E-state index contributed by atoms with van der Waals surface area (Å²) in [6.07, 6.45) is -5.83. The number of carbonyl (C=O) groups is 2. The Bertz CT molecular complexity index is 1600. The first-order chi connectivity index (χ1) is 19.6. The van der Waals surface area contributed by atoms with E-state index in [1.54, 1.807) is 24.3 Å². The third-order valence-corrected chi connectivity index (χ3v) is 7.41. The van der Waals surface area contributed by atoms with Gasteiger partial charge >= 0.3 is 12.1 Å². The Hall–Kier alpha value is -4.67. The fourth-order valence-corrected chi connectivity index (χ4v) is 4.91. The van der Waals surface area contributed by atoms with E-state index in [9.17, 15) is 36.4 Å². The monoisotopic (exact) mass is 610 g/mol. The van der Waals surface area contributed by atoms with E-state index in [1.165, 1.54) is 19.1 Å². The predicted molar refractivity (Wildman–Crippen MR) is 137 cm³/mol. The molecule has 0 radical (unpaired) electrons. The van der Waals surface area contributed by atoms with Crippen molar-refractivity contribution in [2.75, 3.05) is 13.1 Å². The van der Waals surface area contributed by atoms with Gasteiger partial charge in [-0.05, 0) is 37.3 Å². The molecular weight excluding hydrogens is 585 g/mol. The lowest BCUT2D eigenvalue weighted by atomic mass is 10.0. The highest BCUT2D eigenvalue weighted by Crippen LogP contribution is 2.33. The summed E-state index contributed by atoms with van der Waals surface area (Å²) < 4.78 is 73.6. The maximum Gasteiger partial charge on any atom is 0.435 e. The normalized spacial score (nSPS) is 15.1. The summed E-state index contributed by atoms with van der Waals surface area (Å²) in [7, 11) is -4.35. The van der Waals surface area contributed by atoms with Crippen molar-refractivity contribution in [1.29, 1.82) is 0 Å². The molecule has 3 aromatic rings. The van der Waals surface area contributed by atoms with Gasteiger partial charge in [0, 0.05) is 19.4 Å². The van der Waals surface area contributed by atoms with Crippen LogP contribution in [0.15, 0.2) is 64.8 Å². The number of halogens is 3. The molecule has 1 aliphatic heterocycles. The summed E-state index contributed by atoms with van der Waals surface area (Å²) in [6.45, 7) is 3.98. The van der Waals surface area contributed by atoms with E-state index >= 15 is 0 Å². The van der Waals surface area contributed by atoms with Crippen molar-refractivity contribution in [3.8, 4) is 16.9 Å². The van der Waals surface area contributed by atoms with Crippen molar-refractivity contribution >= 4 is 21.9 Å². The maximum atomic E-state index is 13.5. The van der Waals surface area contributed by atoms with Crippen molar-refractivity contribution in [3.63, 3.8) is 0 Å². The van der Waals surface area contributed by atoms with Crippen LogP contribution in [0.1, 0.15) is 25.1 Å². The maximum absolute atomic E-state index is 13.5. The Labute approximate surface area is 237 Å². The number of alkyl halides is 3. The van der Waals surface area contributed by atoms with E-state index in [2.05, 4.69) is 15.1 Å². The molecule has 1 aromatic heterocycles. The van der Waals surface area contributed by atoms with Gasteiger partial charge in [-0.25, -0.2) is 17.8 Å². The van der Waals surface area contributed by atoms with Crippen LogP contribution in [-0.4, -0.2) is 59.4 Å². The van der Waals surface area contributed by atoms with E-state index in [0.717, 1.165) is 40.4 Å². The van der Waals surface area contributed by atoms with Crippen molar-refractivity contribution in [2.45, 2.75) is 38.1 Å². The lowest BCUT2D eigenvalue weighted by molar-refractivity contribution is -0.727. The Morgan fingerprint density at radius 2 is 1.76 bits per heavy atom. The summed E-state index contributed by atoms with van der Waals surface area (Å²) in [5, 5.41) is 19.8. The number of carbonyl (C=O) groups excluding carboxylic acids is 2. The summed E-state index contributed by atoms with van der Waals surface area (Å²) in [5.41, 5.74) is 0.563. The molecule has 1 N–H and O–H groups in total. The lowest BCUT2D eigenvalue weighted by Crippen LogP contribution is -2.56. The molecule has 2 heterocycles. The van der Waals surface area contributed by atoms with Crippen molar-refractivity contribution in [3.05, 3.63) is 71.1 Å². The predicted octanol–water partition coefficient (Wildman–Crippen LogP) is 3.32. The van der Waals surface area contributed by atoms with Gasteiger partial charge in [0.15, 0.2) is 5.69 Å². The molecule has 1 saturated heterocycles. The van der Waals surface area contributed by atoms with Crippen LogP contribution in [0.4, 0.5) is 13.2 Å². The molecule has 2 aromatic carbocycles. The van der Waals surface area contributed by atoms with Gasteiger partial charge < -0.3 is 9.94 Å². The molecule has 1 aliphatic rings. The van der Waals surface area contributed by atoms with Gasteiger partial charge in [0.1, 0.15) is 0 Å². The standard InChI is InChI=1S/C25H25F3N6O7S/c1-15-4-6-18(7-5-15)22-12-23(25(26,27)28)29-33(22)20-8-10-21(11-9-20)42(38,39)30-24(36)19-13-32(14-19)34(37)31-41-17(3)40-16(2)35/h4-12,17,19H,13-14H2,1-3H3,(H,30,36)/b34-31-. The molecule has 0 bridgehead atoms. The topological polar surface area (TPSA) is 158 Å². The van der Waals surface area contributed by atoms with Crippen LogP contribution in [0.3, 0.4) is 0 Å². The van der Waals surface area contributed by atoms with Crippen LogP contribution < -0.4 is 4.72 Å². The zero-order valence-electron chi connectivity index (χ0n) is 22.4. The third-order valence-electron chi connectivity index (χ3n) is 6.05. The van der Waals surface area contributed by atoms with E-state index in [0.29, 0.717) is 5.56 Å². The first kappa shape index (κ1) is 30.3. The molecule has 13 nitrogen and oxygen atoms in total. The Kier molecular flexibility index (Phi) is 8.42. The molecule has 0 spiro atoms. The van der Waals surface area contributed by atoms with E-state index in [4.69, 9.17) is 4.84 Å². The number of hydrogen-bond donors (Lipinski definition) is 1. The molecule has 224 valence electrons. The van der Waals surface area contributed by atoms with Gasteiger partial charge in [-0.2, -0.15) is 18.3 Å². The highest BCUT2D eigenvalue weighted by molar-refractivity contribution is 7.90. The van der Waals surface area contributed by atoms with E-state index in [-0.39, 0.29) is 34.3 Å². The molecule has 1 unspecified atom stereocenters. The number of esters is 1. The largest absolute Gasteiger partial charge is 0.569 e. The molecule has 17 heteroatoms. The minimum atomic E-state index is -4.71. The number of aromatic nitrogens is 2. The summed E-state index contributed by atoms with van der Waals surface area (Å²) in [6, 6.07) is 12.5. The summed E-state index contributed by atoms with van der Waals surface area (Å²) >= 11 is 0. The highest BCUT2D eigenvalue weighted by atomic mass is 32.2. The SMILES string of the molecule is CC(=O)OC(C)O/N=[N+](\[O-])N1CC(C(=O)NS(=O)(=O)c2ccc(-n3nc(C(F)(F)F)cc3-c3ccc(C)cc3)cc2)C1. The molecule has 1 fully saturated rings. The first-order valence-corrected chi connectivity index (χ1v) is 13.8. The van der Waals surface area contributed by atoms with Gasteiger partial charge in [-0.15, -0.1) is 5.01 Å².